The Morgan fingerprint density at radius 2 is 0.864 bits per heavy atom. The molecule has 6 heteroatoms. The van der Waals surface area contributed by atoms with Gasteiger partial charge < -0.3 is 0 Å². The van der Waals surface area contributed by atoms with E-state index < -0.39 is 0 Å². The van der Waals surface area contributed by atoms with E-state index in [9.17, 15) is 0 Å². The molecular formula is C38H24N6. The summed E-state index contributed by atoms with van der Waals surface area (Å²) in [6.45, 7) is 0. The molecule has 8 rings (SSSR count). The molecule has 3 heterocycles. The van der Waals surface area contributed by atoms with Crippen molar-refractivity contribution in [2.24, 2.45) is 0 Å². The second kappa shape index (κ2) is 10.9. The lowest BCUT2D eigenvalue weighted by Crippen LogP contribution is -2.03. The number of pyridine rings is 1. The summed E-state index contributed by atoms with van der Waals surface area (Å²) in [7, 11) is 0. The molecule has 0 saturated carbocycles. The molecule has 0 amide bonds. The van der Waals surface area contributed by atoms with E-state index in [1.54, 1.807) is 12.4 Å². The largest absolute Gasteiger partial charge is 0.264 e. The molecule has 0 aliphatic rings. The highest BCUT2D eigenvalue weighted by molar-refractivity contribution is 5.89. The SMILES string of the molecule is c1ccc(-c2nc(-c3cccnc3)nc(-c3cc(-c4ccc5ccccc5c4)nc(-c4ccc5ccccc5c4)n3)n2)cc1. The summed E-state index contributed by atoms with van der Waals surface area (Å²) in [5.41, 5.74) is 4.98. The van der Waals surface area contributed by atoms with Gasteiger partial charge in [-0.05, 0) is 51.9 Å². The second-order valence-corrected chi connectivity index (χ2v) is 10.5. The molecule has 0 N–H and O–H groups in total. The Morgan fingerprint density at radius 1 is 0.318 bits per heavy atom. The molecule has 3 aromatic heterocycles. The standard InChI is InChI=1S/C38H24N6/c1-2-11-27(12-3-1)35-42-37(32-15-8-20-39-24-32)44-38(43-35)34-23-33(30-18-16-25-9-4-6-13-28(25)21-30)40-36(41-34)31-19-17-26-10-5-7-14-29(26)22-31/h1-24H. The van der Waals surface area contributed by atoms with E-state index in [0.29, 0.717) is 29.0 Å². The molecule has 0 bridgehead atoms. The lowest BCUT2D eigenvalue weighted by Gasteiger charge is -2.11. The first-order chi connectivity index (χ1) is 21.8. The average molecular weight is 565 g/mol. The normalized spacial score (nSPS) is 11.2. The highest BCUT2D eigenvalue weighted by atomic mass is 15.1. The van der Waals surface area contributed by atoms with E-state index >= 15 is 0 Å². The van der Waals surface area contributed by atoms with Crippen LogP contribution in [0.5, 0.6) is 0 Å². The van der Waals surface area contributed by atoms with Crippen molar-refractivity contribution in [2.45, 2.75) is 0 Å². The van der Waals surface area contributed by atoms with Crippen molar-refractivity contribution < 1.29 is 0 Å². The molecule has 0 spiro atoms. The molecule has 206 valence electrons. The number of aromatic nitrogens is 6. The van der Waals surface area contributed by atoms with Crippen molar-refractivity contribution in [3.63, 3.8) is 0 Å². The summed E-state index contributed by atoms with van der Waals surface area (Å²) in [6, 6.07) is 45.0. The molecule has 8 aromatic rings. The minimum atomic E-state index is 0.462. The zero-order chi connectivity index (χ0) is 29.3. The first-order valence-corrected chi connectivity index (χ1v) is 14.4. The van der Waals surface area contributed by atoms with Gasteiger partial charge in [-0.25, -0.2) is 24.9 Å². The summed E-state index contributed by atoms with van der Waals surface area (Å²) in [6.07, 6.45) is 3.49. The first-order valence-electron chi connectivity index (χ1n) is 14.4. The van der Waals surface area contributed by atoms with E-state index in [2.05, 4.69) is 65.6 Å². The molecule has 0 atom stereocenters. The first kappa shape index (κ1) is 25.6. The Bertz CT molecular complexity index is 2130. The van der Waals surface area contributed by atoms with Crippen molar-refractivity contribution in [3.8, 4) is 56.9 Å². The predicted octanol–water partition coefficient (Wildman–Crippen LogP) is 8.70. The highest BCUT2D eigenvalue weighted by Gasteiger charge is 2.17. The lowest BCUT2D eigenvalue weighted by atomic mass is 10.0. The molecule has 0 radical (unpaired) electrons. The van der Waals surface area contributed by atoms with E-state index in [4.69, 9.17) is 24.9 Å². The van der Waals surface area contributed by atoms with Crippen molar-refractivity contribution >= 4 is 21.5 Å². The number of benzene rings is 5. The fraction of sp³-hybridized carbons (Fsp3) is 0. The van der Waals surface area contributed by atoms with Crippen LogP contribution in [0.3, 0.4) is 0 Å². The van der Waals surface area contributed by atoms with Crippen molar-refractivity contribution in [1.29, 1.82) is 0 Å². The molecule has 5 aromatic carbocycles. The molecule has 0 fully saturated rings. The van der Waals surface area contributed by atoms with Gasteiger partial charge in [-0.1, -0.05) is 103 Å². The van der Waals surface area contributed by atoms with Gasteiger partial charge >= 0.3 is 0 Å². The molecule has 0 aliphatic heterocycles. The summed E-state index contributed by atoms with van der Waals surface area (Å²) >= 11 is 0. The molecule has 0 unspecified atom stereocenters. The maximum Gasteiger partial charge on any atom is 0.182 e. The zero-order valence-corrected chi connectivity index (χ0v) is 23.5. The summed E-state index contributed by atoms with van der Waals surface area (Å²) < 4.78 is 0. The third-order valence-electron chi connectivity index (χ3n) is 7.60. The lowest BCUT2D eigenvalue weighted by molar-refractivity contribution is 1.05. The molecule has 0 aliphatic carbocycles. The van der Waals surface area contributed by atoms with E-state index in [-0.39, 0.29) is 0 Å². The zero-order valence-electron chi connectivity index (χ0n) is 23.5. The topological polar surface area (TPSA) is 77.3 Å². The summed E-state index contributed by atoms with van der Waals surface area (Å²) in [4.78, 5) is 29.1. The average Bonchev–Trinajstić information content (AvgIpc) is 3.11. The van der Waals surface area contributed by atoms with Crippen LogP contribution in [-0.2, 0) is 0 Å². The van der Waals surface area contributed by atoms with Crippen molar-refractivity contribution in [3.05, 3.63) is 146 Å². The van der Waals surface area contributed by atoms with Crippen LogP contribution >= 0.6 is 0 Å². The second-order valence-electron chi connectivity index (χ2n) is 10.5. The fourth-order valence-electron chi connectivity index (χ4n) is 5.35. The van der Waals surface area contributed by atoms with Crippen molar-refractivity contribution in [1.82, 2.24) is 29.9 Å². The summed E-state index contributed by atoms with van der Waals surface area (Å²) in [5, 5.41) is 4.60. The Hall–Kier alpha value is -6.14. The summed E-state index contributed by atoms with van der Waals surface area (Å²) in [5.74, 6) is 2.15. The van der Waals surface area contributed by atoms with E-state index in [1.807, 2.05) is 72.8 Å². The maximum atomic E-state index is 5.08. The van der Waals surface area contributed by atoms with Gasteiger partial charge in [0.15, 0.2) is 23.3 Å². The van der Waals surface area contributed by atoms with Crippen LogP contribution in [0.4, 0.5) is 0 Å². The quantitative estimate of drug-likeness (QED) is 0.208. The third kappa shape index (κ3) is 4.95. The van der Waals surface area contributed by atoms with Crippen LogP contribution in [0, 0.1) is 0 Å². The monoisotopic (exact) mass is 564 g/mol. The number of hydrogen-bond acceptors (Lipinski definition) is 6. The Morgan fingerprint density at radius 3 is 1.57 bits per heavy atom. The van der Waals surface area contributed by atoms with E-state index in [0.717, 1.165) is 44.1 Å². The van der Waals surface area contributed by atoms with Gasteiger partial charge in [0.2, 0.25) is 0 Å². The van der Waals surface area contributed by atoms with Crippen LogP contribution in [0.25, 0.3) is 78.5 Å². The molecule has 0 saturated heterocycles. The van der Waals surface area contributed by atoms with Gasteiger partial charge in [0.05, 0.1) is 5.69 Å². The fourth-order valence-corrected chi connectivity index (χ4v) is 5.35. The van der Waals surface area contributed by atoms with Crippen molar-refractivity contribution in [2.75, 3.05) is 0 Å². The van der Waals surface area contributed by atoms with Gasteiger partial charge in [-0.3, -0.25) is 4.98 Å². The molecular weight excluding hydrogens is 540 g/mol. The van der Waals surface area contributed by atoms with Gasteiger partial charge in [0.1, 0.15) is 5.69 Å². The maximum absolute atomic E-state index is 5.08. The minimum Gasteiger partial charge on any atom is -0.264 e. The Kier molecular flexibility index (Phi) is 6.35. The minimum absolute atomic E-state index is 0.462. The van der Waals surface area contributed by atoms with Gasteiger partial charge in [-0.15, -0.1) is 0 Å². The van der Waals surface area contributed by atoms with Crippen LogP contribution < -0.4 is 0 Å². The van der Waals surface area contributed by atoms with Gasteiger partial charge in [0.25, 0.3) is 0 Å². The number of nitrogens with zero attached hydrogens (tertiary/aromatic N) is 6. The number of hydrogen-bond donors (Lipinski definition) is 0. The van der Waals surface area contributed by atoms with Crippen LogP contribution in [0.15, 0.2) is 146 Å². The van der Waals surface area contributed by atoms with Gasteiger partial charge in [-0.2, -0.15) is 0 Å². The Balaban J connectivity index is 1.36. The van der Waals surface area contributed by atoms with E-state index in [1.165, 1.54) is 5.39 Å². The highest BCUT2D eigenvalue weighted by Crippen LogP contribution is 2.31. The van der Waals surface area contributed by atoms with Crippen LogP contribution in [0.1, 0.15) is 0 Å². The third-order valence-corrected chi connectivity index (χ3v) is 7.60. The smallest absolute Gasteiger partial charge is 0.182 e. The van der Waals surface area contributed by atoms with Gasteiger partial charge in [0, 0.05) is 34.6 Å². The van der Waals surface area contributed by atoms with Crippen LogP contribution in [-0.4, -0.2) is 29.9 Å². The Labute approximate surface area is 253 Å². The predicted molar refractivity (Wildman–Crippen MR) is 175 cm³/mol. The molecule has 44 heavy (non-hydrogen) atoms. The van der Waals surface area contributed by atoms with Crippen LogP contribution in [0.2, 0.25) is 0 Å². The number of rotatable bonds is 5. The number of fused-ring (bicyclic) bond motifs is 2. The molecule has 6 nitrogen and oxygen atoms in total.